The van der Waals surface area contributed by atoms with Crippen LogP contribution in [0.2, 0.25) is 5.02 Å². The lowest BCUT2D eigenvalue weighted by molar-refractivity contribution is 0.416. The maximum Gasteiger partial charge on any atom is 0.421 e. The van der Waals surface area contributed by atoms with Crippen LogP contribution in [0.5, 0.6) is 5.75 Å². The summed E-state index contributed by atoms with van der Waals surface area (Å²) >= 11 is 5.89. The van der Waals surface area contributed by atoms with E-state index in [0.29, 0.717) is 21.9 Å². The molecular formula is C15H13ClN2O3. The molecule has 0 aliphatic carbocycles. The fraction of sp³-hybridized carbons (Fsp3) is 0.133. The van der Waals surface area contributed by atoms with Gasteiger partial charge in [0.05, 0.1) is 25.0 Å². The number of nitrogens with zero attached hydrogens (tertiary/aromatic N) is 1. The number of para-hydroxylation sites is 2. The minimum atomic E-state index is -0.435. The molecule has 21 heavy (non-hydrogen) atoms. The van der Waals surface area contributed by atoms with Crippen LogP contribution in [0, 0.1) is 0 Å². The molecule has 3 rings (SSSR count). The summed E-state index contributed by atoms with van der Waals surface area (Å²) in [6, 6.07) is 12.6. The third kappa shape index (κ3) is 2.60. The highest BCUT2D eigenvalue weighted by Crippen LogP contribution is 2.24. The minimum Gasteiger partial charge on any atom is -0.495 e. The third-order valence-electron chi connectivity index (χ3n) is 3.16. The van der Waals surface area contributed by atoms with Crippen molar-refractivity contribution in [3.8, 4) is 5.75 Å². The van der Waals surface area contributed by atoms with Gasteiger partial charge in [0.1, 0.15) is 5.75 Å². The highest BCUT2D eigenvalue weighted by molar-refractivity contribution is 6.31. The number of oxazole rings is 1. The van der Waals surface area contributed by atoms with Gasteiger partial charge in [-0.1, -0.05) is 23.7 Å². The summed E-state index contributed by atoms with van der Waals surface area (Å²) in [4.78, 5) is 11.9. The summed E-state index contributed by atoms with van der Waals surface area (Å²) < 4.78 is 11.9. The Morgan fingerprint density at radius 1 is 1.29 bits per heavy atom. The quantitative estimate of drug-likeness (QED) is 0.803. The first-order valence-electron chi connectivity index (χ1n) is 6.35. The Morgan fingerprint density at radius 2 is 2.10 bits per heavy atom. The second-order valence-electron chi connectivity index (χ2n) is 4.44. The third-order valence-corrected chi connectivity index (χ3v) is 3.40. The van der Waals surface area contributed by atoms with Crippen molar-refractivity contribution < 1.29 is 9.15 Å². The van der Waals surface area contributed by atoms with Gasteiger partial charge in [-0.15, -0.1) is 0 Å². The SMILES string of the molecule is COc1ccccc1NCn1c(=O)oc2cc(Cl)ccc21. The van der Waals surface area contributed by atoms with E-state index in [1.807, 2.05) is 24.3 Å². The number of hydrogen-bond acceptors (Lipinski definition) is 4. The van der Waals surface area contributed by atoms with Crippen molar-refractivity contribution in [3.63, 3.8) is 0 Å². The van der Waals surface area contributed by atoms with E-state index in [0.717, 1.165) is 5.69 Å². The Kier molecular flexibility index (Phi) is 3.58. The average molecular weight is 305 g/mol. The largest absolute Gasteiger partial charge is 0.495 e. The monoisotopic (exact) mass is 304 g/mol. The van der Waals surface area contributed by atoms with Crippen molar-refractivity contribution in [2.45, 2.75) is 6.67 Å². The number of ether oxygens (including phenoxy) is 1. The molecule has 0 bridgehead atoms. The summed E-state index contributed by atoms with van der Waals surface area (Å²) in [6.45, 7) is 0.272. The van der Waals surface area contributed by atoms with Crippen LogP contribution in [-0.2, 0) is 6.67 Å². The van der Waals surface area contributed by atoms with Crippen molar-refractivity contribution in [1.29, 1.82) is 0 Å². The topological polar surface area (TPSA) is 56.4 Å². The van der Waals surface area contributed by atoms with Crippen LogP contribution in [0.4, 0.5) is 5.69 Å². The van der Waals surface area contributed by atoms with E-state index in [2.05, 4.69) is 5.32 Å². The van der Waals surface area contributed by atoms with Crippen LogP contribution in [0.3, 0.4) is 0 Å². The Hall–Kier alpha value is -2.40. The average Bonchev–Trinajstić information content (AvgIpc) is 2.80. The van der Waals surface area contributed by atoms with Gasteiger partial charge in [-0.2, -0.15) is 0 Å². The Bertz CT molecular complexity index is 838. The van der Waals surface area contributed by atoms with E-state index in [1.54, 1.807) is 25.3 Å². The van der Waals surface area contributed by atoms with Crippen LogP contribution in [0.25, 0.3) is 11.1 Å². The van der Waals surface area contributed by atoms with Crippen LogP contribution < -0.4 is 15.8 Å². The molecule has 0 atom stereocenters. The number of methoxy groups -OCH3 is 1. The van der Waals surface area contributed by atoms with Gasteiger partial charge in [0, 0.05) is 11.1 Å². The lowest BCUT2D eigenvalue weighted by Crippen LogP contribution is -2.19. The molecule has 0 aliphatic heterocycles. The van der Waals surface area contributed by atoms with E-state index in [9.17, 15) is 4.79 Å². The summed E-state index contributed by atoms with van der Waals surface area (Å²) in [7, 11) is 1.60. The number of halogens is 1. The van der Waals surface area contributed by atoms with E-state index >= 15 is 0 Å². The maximum absolute atomic E-state index is 11.9. The minimum absolute atomic E-state index is 0.272. The number of aromatic nitrogens is 1. The number of rotatable bonds is 4. The highest BCUT2D eigenvalue weighted by atomic mass is 35.5. The summed E-state index contributed by atoms with van der Waals surface area (Å²) in [5.74, 6) is 0.274. The Balaban J connectivity index is 1.92. The smallest absolute Gasteiger partial charge is 0.421 e. The van der Waals surface area contributed by atoms with Gasteiger partial charge in [0.25, 0.3) is 0 Å². The second kappa shape index (κ2) is 5.54. The number of hydrogen-bond donors (Lipinski definition) is 1. The van der Waals surface area contributed by atoms with Gasteiger partial charge in [-0.05, 0) is 24.3 Å². The molecule has 0 saturated carbocycles. The van der Waals surface area contributed by atoms with Gasteiger partial charge < -0.3 is 14.5 Å². The predicted octanol–water partition coefficient (Wildman–Crippen LogP) is 3.33. The van der Waals surface area contributed by atoms with E-state index < -0.39 is 5.76 Å². The summed E-state index contributed by atoms with van der Waals surface area (Å²) in [5, 5.41) is 3.69. The molecule has 0 amide bonds. The van der Waals surface area contributed by atoms with E-state index in [-0.39, 0.29) is 6.67 Å². The zero-order valence-electron chi connectivity index (χ0n) is 11.3. The van der Waals surface area contributed by atoms with Crippen LogP contribution in [0.15, 0.2) is 51.7 Å². The molecule has 2 aromatic carbocycles. The van der Waals surface area contributed by atoms with Gasteiger partial charge in [-0.3, -0.25) is 4.57 Å². The van der Waals surface area contributed by atoms with Crippen molar-refractivity contribution in [2.75, 3.05) is 12.4 Å². The first-order chi connectivity index (χ1) is 10.2. The van der Waals surface area contributed by atoms with Gasteiger partial charge in [-0.25, -0.2) is 4.79 Å². The second-order valence-corrected chi connectivity index (χ2v) is 4.88. The molecule has 0 aliphatic rings. The first-order valence-corrected chi connectivity index (χ1v) is 6.72. The maximum atomic E-state index is 11.9. The predicted molar refractivity (Wildman–Crippen MR) is 82.1 cm³/mol. The fourth-order valence-corrected chi connectivity index (χ4v) is 2.31. The lowest BCUT2D eigenvalue weighted by atomic mass is 10.3. The number of anilines is 1. The first kappa shape index (κ1) is 13.6. The van der Waals surface area contributed by atoms with Gasteiger partial charge in [0.15, 0.2) is 5.58 Å². The molecular weight excluding hydrogens is 292 g/mol. The van der Waals surface area contributed by atoms with Gasteiger partial charge in [0.2, 0.25) is 0 Å². The normalized spacial score (nSPS) is 10.8. The van der Waals surface area contributed by atoms with Crippen LogP contribution in [-0.4, -0.2) is 11.7 Å². The van der Waals surface area contributed by atoms with Crippen molar-refractivity contribution in [1.82, 2.24) is 4.57 Å². The standard InChI is InChI=1S/C15H13ClN2O3/c1-20-13-5-3-2-4-11(13)17-9-18-12-7-6-10(16)8-14(12)21-15(18)19/h2-8,17H,9H2,1H3. The molecule has 1 N–H and O–H groups in total. The molecule has 5 nitrogen and oxygen atoms in total. The number of nitrogens with one attached hydrogen (secondary N) is 1. The molecule has 0 fully saturated rings. The summed E-state index contributed by atoms with van der Waals surface area (Å²) in [5.41, 5.74) is 1.95. The molecule has 0 radical (unpaired) electrons. The molecule has 0 saturated heterocycles. The molecule has 6 heteroatoms. The molecule has 1 heterocycles. The molecule has 0 unspecified atom stereocenters. The molecule has 1 aromatic heterocycles. The molecule has 108 valence electrons. The number of fused-ring (bicyclic) bond motifs is 1. The fourth-order valence-electron chi connectivity index (χ4n) is 2.14. The molecule has 3 aromatic rings. The Labute approximate surface area is 125 Å². The van der Waals surface area contributed by atoms with E-state index in [1.165, 1.54) is 4.57 Å². The highest BCUT2D eigenvalue weighted by Gasteiger charge is 2.10. The van der Waals surface area contributed by atoms with Crippen LogP contribution in [0.1, 0.15) is 0 Å². The van der Waals surface area contributed by atoms with Crippen LogP contribution >= 0.6 is 11.6 Å². The van der Waals surface area contributed by atoms with Gasteiger partial charge >= 0.3 is 5.76 Å². The lowest BCUT2D eigenvalue weighted by Gasteiger charge is -2.10. The van der Waals surface area contributed by atoms with Crippen molar-refractivity contribution in [2.24, 2.45) is 0 Å². The Morgan fingerprint density at radius 3 is 2.90 bits per heavy atom. The molecule has 0 spiro atoms. The van der Waals surface area contributed by atoms with Crippen molar-refractivity contribution >= 4 is 28.4 Å². The van der Waals surface area contributed by atoms with Crippen molar-refractivity contribution in [3.05, 3.63) is 58.0 Å². The number of benzene rings is 2. The van der Waals surface area contributed by atoms with E-state index in [4.69, 9.17) is 20.8 Å². The summed E-state index contributed by atoms with van der Waals surface area (Å²) in [6.07, 6.45) is 0. The zero-order valence-corrected chi connectivity index (χ0v) is 12.1. The zero-order chi connectivity index (χ0) is 14.8.